The molecule has 0 aliphatic carbocycles. The fraction of sp³-hybridized carbons (Fsp3) is 0.550. The normalized spacial score (nSPS) is 17.4. The Morgan fingerprint density at radius 2 is 2.15 bits per heavy atom. The number of piperidine rings is 1. The highest BCUT2D eigenvalue weighted by Gasteiger charge is 2.27. The van der Waals surface area contributed by atoms with Gasteiger partial charge in [-0.05, 0) is 37.6 Å². The molecule has 0 spiro atoms. The molecule has 2 aromatic heterocycles. The molecule has 0 N–H and O–H groups in total. The van der Waals surface area contributed by atoms with Crippen molar-refractivity contribution in [2.24, 2.45) is 0 Å². The number of amides is 1. The van der Waals surface area contributed by atoms with Crippen LogP contribution < -0.4 is 0 Å². The number of methoxy groups -OCH3 is 1. The van der Waals surface area contributed by atoms with Gasteiger partial charge in [-0.15, -0.1) is 0 Å². The number of nitrogens with zero attached hydrogens (tertiary/aromatic N) is 5. The van der Waals surface area contributed by atoms with Crippen LogP contribution in [0.3, 0.4) is 0 Å². The highest BCUT2D eigenvalue weighted by atomic mass is 16.5. The monoisotopic (exact) mass is 371 g/mol. The van der Waals surface area contributed by atoms with E-state index in [1.54, 1.807) is 7.11 Å². The second-order valence-electron chi connectivity index (χ2n) is 7.18. The summed E-state index contributed by atoms with van der Waals surface area (Å²) < 4.78 is 7.28. The van der Waals surface area contributed by atoms with Gasteiger partial charge < -0.3 is 14.2 Å². The van der Waals surface area contributed by atoms with E-state index in [1.807, 2.05) is 53.8 Å². The highest BCUT2D eigenvalue weighted by molar-refractivity contribution is 5.78. The average Bonchev–Trinajstić information content (AvgIpc) is 3.15. The summed E-state index contributed by atoms with van der Waals surface area (Å²) in [7, 11) is 3.64. The number of aromatic nitrogens is 3. The van der Waals surface area contributed by atoms with Gasteiger partial charge in [0.2, 0.25) is 5.91 Å². The first-order valence-corrected chi connectivity index (χ1v) is 9.52. The highest BCUT2D eigenvalue weighted by Crippen LogP contribution is 2.26. The number of pyridine rings is 1. The molecule has 1 fully saturated rings. The van der Waals surface area contributed by atoms with Gasteiger partial charge in [-0.3, -0.25) is 14.7 Å². The molecular weight excluding hydrogens is 342 g/mol. The first-order valence-electron chi connectivity index (χ1n) is 9.52. The quantitative estimate of drug-likeness (QED) is 0.705. The zero-order valence-electron chi connectivity index (χ0n) is 16.3. The van der Waals surface area contributed by atoms with Gasteiger partial charge in [-0.1, -0.05) is 0 Å². The lowest BCUT2D eigenvalue weighted by atomic mass is 9.97. The Balaban J connectivity index is 1.61. The minimum atomic E-state index is 0.186. The number of hydrogen-bond donors (Lipinski definition) is 0. The second-order valence-corrected chi connectivity index (χ2v) is 7.18. The lowest BCUT2D eigenvalue weighted by Crippen LogP contribution is -2.44. The van der Waals surface area contributed by atoms with Crippen LogP contribution in [-0.2, 0) is 16.1 Å². The van der Waals surface area contributed by atoms with E-state index in [0.717, 1.165) is 44.8 Å². The van der Waals surface area contributed by atoms with Gasteiger partial charge in [0.1, 0.15) is 5.82 Å². The smallest absolute Gasteiger partial charge is 0.236 e. The van der Waals surface area contributed by atoms with Crippen LogP contribution >= 0.6 is 0 Å². The van der Waals surface area contributed by atoms with Crippen LogP contribution in [0, 0.1) is 0 Å². The van der Waals surface area contributed by atoms with E-state index >= 15 is 0 Å². The van der Waals surface area contributed by atoms with Crippen LogP contribution in [0.5, 0.6) is 0 Å². The maximum Gasteiger partial charge on any atom is 0.236 e. The van der Waals surface area contributed by atoms with Crippen LogP contribution in [0.25, 0.3) is 0 Å². The molecule has 146 valence electrons. The number of hydrogen-bond acceptors (Lipinski definition) is 5. The third-order valence-electron chi connectivity index (χ3n) is 5.07. The fourth-order valence-corrected chi connectivity index (χ4v) is 3.57. The summed E-state index contributed by atoms with van der Waals surface area (Å²) in [5.41, 5.74) is 1.20. The van der Waals surface area contributed by atoms with Crippen molar-refractivity contribution in [2.45, 2.75) is 25.3 Å². The maximum atomic E-state index is 12.7. The van der Waals surface area contributed by atoms with Crippen LogP contribution in [0.15, 0.2) is 36.9 Å². The first kappa shape index (κ1) is 19.5. The molecule has 1 atom stereocenters. The predicted octanol–water partition coefficient (Wildman–Crippen LogP) is 1.61. The van der Waals surface area contributed by atoms with Gasteiger partial charge >= 0.3 is 0 Å². The number of likely N-dealkylation sites (tertiary alicyclic amines) is 1. The summed E-state index contributed by atoms with van der Waals surface area (Å²) in [5.74, 6) is 1.53. The number of imidazole rings is 1. The van der Waals surface area contributed by atoms with Crippen molar-refractivity contribution in [3.63, 3.8) is 0 Å². The molecule has 3 rings (SSSR count). The predicted molar refractivity (Wildman–Crippen MR) is 103 cm³/mol. The Labute approximate surface area is 161 Å². The maximum absolute atomic E-state index is 12.7. The molecule has 0 aromatic carbocycles. The van der Waals surface area contributed by atoms with Gasteiger partial charge in [0.05, 0.1) is 13.2 Å². The molecule has 1 aliphatic heterocycles. The molecule has 1 aliphatic rings. The van der Waals surface area contributed by atoms with Crippen LogP contribution in [0.2, 0.25) is 0 Å². The van der Waals surface area contributed by atoms with Crippen molar-refractivity contribution in [1.82, 2.24) is 24.3 Å². The van der Waals surface area contributed by atoms with E-state index in [2.05, 4.69) is 14.5 Å². The summed E-state index contributed by atoms with van der Waals surface area (Å²) in [5, 5.41) is 0. The number of ether oxygens (including phenoxy) is 1. The Kier molecular flexibility index (Phi) is 6.95. The largest absolute Gasteiger partial charge is 0.383 e. The van der Waals surface area contributed by atoms with Crippen LogP contribution in [0.1, 0.15) is 30.1 Å². The van der Waals surface area contributed by atoms with Gasteiger partial charge in [-0.25, -0.2) is 4.98 Å². The van der Waals surface area contributed by atoms with E-state index in [9.17, 15) is 4.79 Å². The van der Waals surface area contributed by atoms with Gasteiger partial charge in [0.25, 0.3) is 0 Å². The Hall–Kier alpha value is -2.25. The zero-order valence-corrected chi connectivity index (χ0v) is 16.3. The number of carbonyl (C=O) groups excluding carboxylic acids is 1. The summed E-state index contributed by atoms with van der Waals surface area (Å²) in [6.07, 6.45) is 9.59. The number of carbonyl (C=O) groups is 1. The summed E-state index contributed by atoms with van der Waals surface area (Å²) in [4.78, 5) is 25.4. The third kappa shape index (κ3) is 5.37. The zero-order chi connectivity index (χ0) is 19.1. The van der Waals surface area contributed by atoms with E-state index in [-0.39, 0.29) is 11.8 Å². The van der Waals surface area contributed by atoms with E-state index in [4.69, 9.17) is 4.74 Å². The summed E-state index contributed by atoms with van der Waals surface area (Å²) >= 11 is 0. The second kappa shape index (κ2) is 9.62. The van der Waals surface area contributed by atoms with Gasteiger partial charge in [-0.2, -0.15) is 0 Å². The van der Waals surface area contributed by atoms with Crippen molar-refractivity contribution in [3.05, 3.63) is 48.3 Å². The lowest BCUT2D eigenvalue weighted by Gasteiger charge is -2.33. The topological polar surface area (TPSA) is 63.5 Å². The Morgan fingerprint density at radius 3 is 2.93 bits per heavy atom. The molecule has 2 aromatic rings. The molecule has 0 unspecified atom stereocenters. The minimum Gasteiger partial charge on any atom is -0.383 e. The minimum absolute atomic E-state index is 0.186. The Bertz CT molecular complexity index is 718. The van der Waals surface area contributed by atoms with Crippen LogP contribution in [-0.4, -0.2) is 77.2 Å². The molecular formula is C20H29N5O2. The van der Waals surface area contributed by atoms with Gasteiger partial charge in [0.15, 0.2) is 0 Å². The summed E-state index contributed by atoms with van der Waals surface area (Å²) in [6.45, 7) is 4.18. The molecule has 7 heteroatoms. The lowest BCUT2D eigenvalue weighted by molar-refractivity contribution is -0.133. The molecule has 0 radical (unpaired) electrons. The van der Waals surface area contributed by atoms with Crippen molar-refractivity contribution in [2.75, 3.05) is 46.9 Å². The Morgan fingerprint density at radius 1 is 1.33 bits per heavy atom. The third-order valence-corrected chi connectivity index (χ3v) is 5.07. The van der Waals surface area contributed by atoms with E-state index < -0.39 is 0 Å². The standard InChI is InChI=1S/C20H29N5O2/c1-23(12-13-27-2)16-19(26)24-10-3-4-18(15-24)20-22-9-11-25(20)14-17-5-7-21-8-6-17/h5-9,11,18H,3-4,10,12-16H2,1-2H3/t18-/m1/s1. The molecule has 1 saturated heterocycles. The molecule has 27 heavy (non-hydrogen) atoms. The number of likely N-dealkylation sites (N-methyl/N-ethyl adjacent to an activating group) is 1. The van der Waals surface area contributed by atoms with Gasteiger partial charge in [0, 0.05) is 64.0 Å². The van der Waals surface area contributed by atoms with E-state index in [0.29, 0.717) is 13.2 Å². The fourth-order valence-electron chi connectivity index (χ4n) is 3.57. The molecule has 3 heterocycles. The summed E-state index contributed by atoms with van der Waals surface area (Å²) in [6, 6.07) is 4.05. The van der Waals surface area contributed by atoms with Crippen molar-refractivity contribution in [3.8, 4) is 0 Å². The van der Waals surface area contributed by atoms with Crippen LogP contribution in [0.4, 0.5) is 0 Å². The average molecular weight is 371 g/mol. The molecule has 0 saturated carbocycles. The molecule has 0 bridgehead atoms. The number of rotatable bonds is 8. The molecule has 1 amide bonds. The first-order chi connectivity index (χ1) is 13.2. The molecule has 7 nitrogen and oxygen atoms in total. The van der Waals surface area contributed by atoms with Crippen molar-refractivity contribution >= 4 is 5.91 Å². The van der Waals surface area contributed by atoms with E-state index in [1.165, 1.54) is 5.56 Å². The van der Waals surface area contributed by atoms with Crippen molar-refractivity contribution < 1.29 is 9.53 Å². The SMILES string of the molecule is COCCN(C)CC(=O)N1CCC[C@@H](c2nccn2Cc2ccncc2)C1. The van der Waals surface area contributed by atoms with Crippen molar-refractivity contribution in [1.29, 1.82) is 0 Å².